The lowest BCUT2D eigenvalue weighted by atomic mass is 10.0. The summed E-state index contributed by atoms with van der Waals surface area (Å²) in [6.07, 6.45) is 0. The molecular weight excluding hydrogens is 409 g/mol. The average molecular weight is 429 g/mol. The number of carbonyl (C=O) groups is 2. The Morgan fingerprint density at radius 1 is 1.00 bits per heavy atom. The van der Waals surface area contributed by atoms with Crippen molar-refractivity contribution in [2.45, 2.75) is 6.92 Å². The molecule has 0 aliphatic carbocycles. The maximum absolute atomic E-state index is 13.3. The van der Waals surface area contributed by atoms with E-state index in [9.17, 15) is 14.0 Å². The third-order valence-corrected chi connectivity index (χ3v) is 5.31. The fourth-order valence-electron chi connectivity index (χ4n) is 2.88. The Kier molecular flexibility index (Phi) is 6.68. The van der Waals surface area contributed by atoms with E-state index in [1.54, 1.807) is 43.5 Å². The largest absolute Gasteiger partial charge is 0.497 e. The number of hydrogen-bond donors (Lipinski definition) is 1. The normalized spacial score (nSPS) is 10.4. The van der Waals surface area contributed by atoms with Crippen LogP contribution in [0.4, 0.5) is 9.39 Å². The molecule has 0 fully saturated rings. The molecule has 0 unspecified atom stereocenters. The number of thiophene rings is 1. The van der Waals surface area contributed by atoms with Gasteiger partial charge in [-0.2, -0.15) is 0 Å². The molecule has 2 aromatic carbocycles. The Labute approximate surface area is 177 Å². The molecule has 0 saturated carbocycles. The van der Waals surface area contributed by atoms with Crippen LogP contribution in [0.5, 0.6) is 11.5 Å². The van der Waals surface area contributed by atoms with Gasteiger partial charge in [-0.3, -0.25) is 4.79 Å². The summed E-state index contributed by atoms with van der Waals surface area (Å²) in [7, 11) is 2.83. The topological polar surface area (TPSA) is 73.9 Å². The predicted molar refractivity (Wildman–Crippen MR) is 113 cm³/mol. The number of hydrogen-bond acceptors (Lipinski definition) is 6. The monoisotopic (exact) mass is 429 g/mol. The van der Waals surface area contributed by atoms with E-state index in [-0.39, 0.29) is 18.0 Å². The van der Waals surface area contributed by atoms with Gasteiger partial charge >= 0.3 is 5.97 Å². The maximum atomic E-state index is 13.3. The molecule has 30 heavy (non-hydrogen) atoms. The summed E-state index contributed by atoms with van der Waals surface area (Å²) >= 11 is 1.24. The highest BCUT2D eigenvalue weighted by molar-refractivity contribution is 7.17. The van der Waals surface area contributed by atoms with Gasteiger partial charge in [0, 0.05) is 10.4 Å². The fraction of sp³-hybridized carbons (Fsp3) is 0.182. The molecular formula is C22H20FNO5S. The van der Waals surface area contributed by atoms with Gasteiger partial charge in [-0.1, -0.05) is 12.1 Å². The molecule has 0 bridgehead atoms. The average Bonchev–Trinajstić information content (AvgIpc) is 3.08. The van der Waals surface area contributed by atoms with Crippen molar-refractivity contribution in [2.24, 2.45) is 0 Å². The molecule has 0 aliphatic rings. The number of benzene rings is 2. The predicted octanol–water partition coefficient (Wildman–Crippen LogP) is 4.68. The lowest BCUT2D eigenvalue weighted by Crippen LogP contribution is -2.21. The van der Waals surface area contributed by atoms with Crippen molar-refractivity contribution in [3.05, 3.63) is 64.8 Å². The third kappa shape index (κ3) is 4.77. The van der Waals surface area contributed by atoms with Crippen molar-refractivity contribution in [3.8, 4) is 22.6 Å². The minimum Gasteiger partial charge on any atom is -0.497 e. The van der Waals surface area contributed by atoms with Crippen molar-refractivity contribution in [1.82, 2.24) is 0 Å². The van der Waals surface area contributed by atoms with Gasteiger partial charge in [-0.15, -0.1) is 11.3 Å². The Bertz CT molecular complexity index is 1040. The first-order chi connectivity index (χ1) is 14.4. The third-order valence-electron chi connectivity index (χ3n) is 4.29. The van der Waals surface area contributed by atoms with Gasteiger partial charge in [0.05, 0.1) is 14.2 Å². The highest BCUT2D eigenvalue weighted by Gasteiger charge is 2.25. The van der Waals surface area contributed by atoms with Crippen LogP contribution in [0.25, 0.3) is 11.1 Å². The van der Waals surface area contributed by atoms with E-state index >= 15 is 0 Å². The highest BCUT2D eigenvalue weighted by atomic mass is 32.1. The zero-order valence-corrected chi connectivity index (χ0v) is 17.5. The molecule has 1 aromatic heterocycles. The van der Waals surface area contributed by atoms with E-state index in [0.717, 1.165) is 4.88 Å². The molecule has 8 heteroatoms. The second kappa shape index (κ2) is 9.41. The van der Waals surface area contributed by atoms with Crippen LogP contribution in [0, 0.1) is 12.7 Å². The van der Waals surface area contributed by atoms with Crippen LogP contribution in [0.15, 0.2) is 48.5 Å². The number of amides is 1. The van der Waals surface area contributed by atoms with E-state index in [2.05, 4.69) is 5.32 Å². The summed E-state index contributed by atoms with van der Waals surface area (Å²) in [4.78, 5) is 25.6. The second-order valence-electron chi connectivity index (χ2n) is 6.25. The summed E-state index contributed by atoms with van der Waals surface area (Å²) in [6, 6.07) is 12.6. The van der Waals surface area contributed by atoms with E-state index < -0.39 is 11.9 Å². The van der Waals surface area contributed by atoms with Gasteiger partial charge < -0.3 is 19.5 Å². The van der Waals surface area contributed by atoms with E-state index in [4.69, 9.17) is 14.2 Å². The minimum absolute atomic E-state index is 0.226. The molecule has 1 heterocycles. The van der Waals surface area contributed by atoms with Crippen LogP contribution in [0.2, 0.25) is 0 Å². The molecule has 3 rings (SSSR count). The summed E-state index contributed by atoms with van der Waals surface area (Å²) < 4.78 is 28.8. The number of ether oxygens (including phenoxy) is 3. The summed E-state index contributed by atoms with van der Waals surface area (Å²) in [5, 5.41) is 3.06. The van der Waals surface area contributed by atoms with Gasteiger partial charge in [-0.05, 0) is 48.9 Å². The number of esters is 1. The smallest absolute Gasteiger partial charge is 0.341 e. The Hall–Kier alpha value is -3.39. The number of anilines is 1. The molecule has 0 aliphatic heterocycles. The molecule has 0 radical (unpaired) electrons. The van der Waals surface area contributed by atoms with Crippen LogP contribution in [0.1, 0.15) is 15.2 Å². The maximum Gasteiger partial charge on any atom is 0.341 e. The van der Waals surface area contributed by atoms with Crippen molar-refractivity contribution < 1.29 is 28.2 Å². The second-order valence-corrected chi connectivity index (χ2v) is 7.47. The zero-order chi connectivity index (χ0) is 21.7. The molecule has 0 spiro atoms. The lowest BCUT2D eigenvalue weighted by Gasteiger charge is -2.09. The van der Waals surface area contributed by atoms with Gasteiger partial charge in [0.25, 0.3) is 5.91 Å². The van der Waals surface area contributed by atoms with Crippen molar-refractivity contribution >= 4 is 28.2 Å². The first-order valence-corrected chi connectivity index (χ1v) is 9.79. The first-order valence-electron chi connectivity index (χ1n) is 8.97. The van der Waals surface area contributed by atoms with Crippen molar-refractivity contribution in [3.63, 3.8) is 0 Å². The Morgan fingerprint density at radius 2 is 1.63 bits per heavy atom. The number of rotatable bonds is 7. The van der Waals surface area contributed by atoms with E-state index in [0.29, 0.717) is 27.6 Å². The van der Waals surface area contributed by atoms with Crippen molar-refractivity contribution in [1.29, 1.82) is 0 Å². The highest BCUT2D eigenvalue weighted by Crippen LogP contribution is 2.40. The number of nitrogens with one attached hydrogen (secondary N) is 1. The summed E-state index contributed by atoms with van der Waals surface area (Å²) in [5.74, 6) is -0.214. The molecule has 0 atom stereocenters. The summed E-state index contributed by atoms with van der Waals surface area (Å²) in [5.41, 5.74) is 1.48. The van der Waals surface area contributed by atoms with E-state index in [1.165, 1.54) is 30.6 Å². The Balaban J connectivity index is 1.80. The first kappa shape index (κ1) is 21.3. The number of halogens is 1. The van der Waals surface area contributed by atoms with Crippen LogP contribution in [0.3, 0.4) is 0 Å². The van der Waals surface area contributed by atoms with Crippen molar-refractivity contribution in [2.75, 3.05) is 26.1 Å². The molecule has 0 saturated heterocycles. The van der Waals surface area contributed by atoms with Gasteiger partial charge in [0.1, 0.15) is 27.9 Å². The quantitative estimate of drug-likeness (QED) is 0.552. The molecule has 3 aromatic rings. The van der Waals surface area contributed by atoms with Gasteiger partial charge in [-0.25, -0.2) is 9.18 Å². The number of methoxy groups -OCH3 is 2. The van der Waals surface area contributed by atoms with Crippen LogP contribution >= 0.6 is 11.3 Å². The van der Waals surface area contributed by atoms with Gasteiger partial charge in [0.2, 0.25) is 0 Å². The van der Waals surface area contributed by atoms with Crippen LogP contribution in [-0.4, -0.2) is 32.7 Å². The molecule has 6 nitrogen and oxygen atoms in total. The Morgan fingerprint density at radius 3 is 2.23 bits per heavy atom. The number of aryl methyl sites for hydroxylation is 1. The standard InChI is InChI=1S/C22H20FNO5S/c1-13-19(14-4-6-15(23)7-5-14)20(22(26)28-3)21(30-13)24-18(25)12-29-17-10-8-16(27-2)9-11-17/h4-11H,12H2,1-3H3,(H,24,25). The number of carbonyl (C=O) groups excluding carboxylic acids is 2. The molecule has 1 N–H and O–H groups in total. The zero-order valence-electron chi connectivity index (χ0n) is 16.7. The summed E-state index contributed by atoms with van der Waals surface area (Å²) in [6.45, 7) is 1.58. The van der Waals surface area contributed by atoms with Crippen LogP contribution < -0.4 is 14.8 Å². The van der Waals surface area contributed by atoms with Gasteiger partial charge in [0.15, 0.2) is 6.61 Å². The minimum atomic E-state index is -0.593. The fourth-order valence-corrected chi connectivity index (χ4v) is 3.96. The van der Waals surface area contributed by atoms with E-state index in [1.807, 2.05) is 6.92 Å². The SMILES string of the molecule is COC(=O)c1c(NC(=O)COc2ccc(OC)cc2)sc(C)c1-c1ccc(F)cc1. The molecule has 156 valence electrons. The molecule has 1 amide bonds. The lowest BCUT2D eigenvalue weighted by molar-refractivity contribution is -0.118. The van der Waals surface area contributed by atoms with Crippen LogP contribution in [-0.2, 0) is 9.53 Å².